The van der Waals surface area contributed by atoms with Crippen molar-refractivity contribution in [2.24, 2.45) is 0 Å². The van der Waals surface area contributed by atoms with Gasteiger partial charge in [0.05, 0.1) is 11.1 Å². The molecule has 13 heteroatoms. The molecule has 2 aliphatic heterocycles. The molecule has 0 saturated carbocycles. The summed E-state index contributed by atoms with van der Waals surface area (Å²) in [6.45, 7) is 7.85. The van der Waals surface area contributed by atoms with Crippen molar-refractivity contribution in [3.8, 4) is 11.1 Å². The van der Waals surface area contributed by atoms with E-state index in [1.54, 1.807) is 28.3 Å². The van der Waals surface area contributed by atoms with Gasteiger partial charge in [0, 0.05) is 71.6 Å². The summed E-state index contributed by atoms with van der Waals surface area (Å²) < 4.78 is 60.1. The van der Waals surface area contributed by atoms with Crippen LogP contribution in [0.1, 0.15) is 31.2 Å². The summed E-state index contributed by atoms with van der Waals surface area (Å²) in [7, 11) is 0. The van der Waals surface area contributed by atoms with E-state index in [0.29, 0.717) is 17.1 Å². The zero-order valence-corrected chi connectivity index (χ0v) is 24.7. The molecule has 2 aliphatic rings. The van der Waals surface area contributed by atoms with Gasteiger partial charge in [-0.3, -0.25) is 9.36 Å². The van der Waals surface area contributed by atoms with Crippen LogP contribution in [0, 0.1) is 5.82 Å². The Bertz CT molecular complexity index is 1800. The summed E-state index contributed by atoms with van der Waals surface area (Å²) >= 11 is 1.19. The summed E-state index contributed by atoms with van der Waals surface area (Å²) in [6.07, 6.45) is -0.391. The fraction of sp³-hybridized carbons (Fsp3) is 0.323. The molecule has 44 heavy (non-hydrogen) atoms. The highest BCUT2D eigenvalue weighted by Crippen LogP contribution is 2.49. The van der Waals surface area contributed by atoms with Gasteiger partial charge in [-0.2, -0.15) is 18.2 Å². The second kappa shape index (κ2) is 11.3. The molecule has 6 rings (SSSR count). The van der Waals surface area contributed by atoms with E-state index in [1.807, 2.05) is 13.8 Å². The number of carbonyl (C=O) groups excluding carboxylic acids is 1. The van der Waals surface area contributed by atoms with Gasteiger partial charge in [-0.25, -0.2) is 19.2 Å². The molecule has 1 amide bonds. The van der Waals surface area contributed by atoms with Crippen LogP contribution in [0.5, 0.6) is 0 Å². The highest BCUT2D eigenvalue weighted by molar-refractivity contribution is 7.99. The zero-order valence-electron chi connectivity index (χ0n) is 23.9. The van der Waals surface area contributed by atoms with Gasteiger partial charge >= 0.3 is 11.9 Å². The quantitative estimate of drug-likeness (QED) is 0.219. The van der Waals surface area contributed by atoms with Crippen molar-refractivity contribution in [3.05, 3.63) is 89.1 Å². The summed E-state index contributed by atoms with van der Waals surface area (Å²) in [5.74, 6) is -0.351. The molecule has 1 saturated heterocycles. The van der Waals surface area contributed by atoms with Gasteiger partial charge in [0.1, 0.15) is 17.5 Å². The molecular formula is C31H28F4N6O2S. The Hall–Kier alpha value is -4.26. The maximum atomic E-state index is 14.9. The second-order valence-corrected chi connectivity index (χ2v) is 12.1. The number of halogens is 4. The third-order valence-corrected chi connectivity index (χ3v) is 9.32. The maximum absolute atomic E-state index is 14.9. The lowest BCUT2D eigenvalue weighted by molar-refractivity contribution is -0.137. The Morgan fingerprint density at radius 2 is 1.73 bits per heavy atom. The van der Waals surface area contributed by atoms with Crippen molar-refractivity contribution < 1.29 is 22.4 Å². The van der Waals surface area contributed by atoms with Gasteiger partial charge in [-0.1, -0.05) is 18.7 Å². The zero-order chi connectivity index (χ0) is 31.3. The molecule has 0 N–H and O–H groups in total. The SMILES string of the molecule is C=CC(=O)N1[C@H](C)CN(c2nc(=O)n3c4c(c(-c5ccc(F)cc5)c(C(F)(F)F)cc24)SC[C@@H](c2ncccn2)C3)C[C@@H]1C. The van der Waals surface area contributed by atoms with Gasteiger partial charge in [0.15, 0.2) is 0 Å². The van der Waals surface area contributed by atoms with Crippen LogP contribution in [0.4, 0.5) is 23.4 Å². The van der Waals surface area contributed by atoms with E-state index in [1.165, 1.54) is 34.5 Å². The number of hydrogen-bond acceptors (Lipinski definition) is 7. The number of alkyl halides is 3. The summed E-state index contributed by atoms with van der Waals surface area (Å²) in [4.78, 5) is 43.1. The second-order valence-electron chi connectivity index (χ2n) is 11.0. The van der Waals surface area contributed by atoms with Crippen molar-refractivity contribution in [2.75, 3.05) is 23.7 Å². The molecule has 228 valence electrons. The lowest BCUT2D eigenvalue weighted by Crippen LogP contribution is -2.58. The van der Waals surface area contributed by atoms with Crippen LogP contribution < -0.4 is 10.6 Å². The molecule has 4 aromatic rings. The van der Waals surface area contributed by atoms with Gasteiger partial charge in [-0.15, -0.1) is 11.8 Å². The maximum Gasteiger partial charge on any atom is 0.417 e. The van der Waals surface area contributed by atoms with Crippen LogP contribution in [0.2, 0.25) is 0 Å². The average Bonchev–Trinajstić information content (AvgIpc) is 3.20. The van der Waals surface area contributed by atoms with Crippen LogP contribution in [-0.2, 0) is 17.5 Å². The van der Waals surface area contributed by atoms with Crippen molar-refractivity contribution >= 4 is 34.4 Å². The fourth-order valence-corrected chi connectivity index (χ4v) is 7.59. The third-order valence-electron chi connectivity index (χ3n) is 8.07. The van der Waals surface area contributed by atoms with Crippen LogP contribution in [0.3, 0.4) is 0 Å². The van der Waals surface area contributed by atoms with Gasteiger partial charge in [-0.05, 0) is 49.8 Å². The number of rotatable bonds is 4. The first kappa shape index (κ1) is 29.8. The topological polar surface area (TPSA) is 84.2 Å². The molecule has 2 aromatic carbocycles. The average molecular weight is 625 g/mol. The van der Waals surface area contributed by atoms with E-state index in [2.05, 4.69) is 21.5 Å². The Labute approximate surface area is 254 Å². The molecule has 3 atom stereocenters. The third kappa shape index (κ3) is 5.23. The Morgan fingerprint density at radius 3 is 2.34 bits per heavy atom. The number of thioether (sulfide) groups is 1. The van der Waals surface area contributed by atoms with Crippen molar-refractivity contribution in [3.63, 3.8) is 0 Å². The number of nitrogens with zero attached hydrogens (tertiary/aromatic N) is 6. The van der Waals surface area contributed by atoms with Gasteiger partial charge in [0.25, 0.3) is 0 Å². The fourth-order valence-electron chi connectivity index (χ4n) is 6.24. The van der Waals surface area contributed by atoms with E-state index in [9.17, 15) is 27.2 Å². The number of piperazine rings is 1. The Kier molecular flexibility index (Phi) is 7.68. The molecule has 1 fully saturated rings. The number of hydrogen-bond donors (Lipinski definition) is 0. The summed E-state index contributed by atoms with van der Waals surface area (Å²) in [5.41, 5.74) is -1.16. The normalized spacial score (nSPS) is 20.5. The van der Waals surface area contributed by atoms with Crippen LogP contribution in [0.15, 0.2) is 71.1 Å². The first-order valence-corrected chi connectivity index (χ1v) is 15.0. The number of amides is 1. The minimum atomic E-state index is -4.78. The summed E-state index contributed by atoms with van der Waals surface area (Å²) in [5, 5.41) is 0.169. The molecular weight excluding hydrogens is 596 g/mol. The predicted molar refractivity (Wildman–Crippen MR) is 160 cm³/mol. The van der Waals surface area contributed by atoms with Gasteiger partial charge in [0.2, 0.25) is 5.91 Å². The van der Waals surface area contributed by atoms with E-state index < -0.39 is 29.2 Å². The first-order valence-electron chi connectivity index (χ1n) is 14.0. The summed E-state index contributed by atoms with van der Waals surface area (Å²) in [6, 6.07) is 6.92. The largest absolute Gasteiger partial charge is 0.417 e. The van der Waals surface area contributed by atoms with E-state index in [4.69, 9.17) is 0 Å². The van der Waals surface area contributed by atoms with E-state index >= 15 is 0 Å². The lowest BCUT2D eigenvalue weighted by atomic mass is 9.96. The van der Waals surface area contributed by atoms with Crippen molar-refractivity contribution in [2.45, 2.75) is 49.5 Å². The van der Waals surface area contributed by atoms with Crippen LogP contribution in [0.25, 0.3) is 22.0 Å². The van der Waals surface area contributed by atoms with Gasteiger partial charge < -0.3 is 9.80 Å². The predicted octanol–water partition coefficient (Wildman–Crippen LogP) is 5.51. The Balaban J connectivity index is 1.63. The van der Waals surface area contributed by atoms with E-state index in [0.717, 1.165) is 18.2 Å². The highest BCUT2D eigenvalue weighted by Gasteiger charge is 2.40. The highest BCUT2D eigenvalue weighted by atomic mass is 32.2. The number of carbonyl (C=O) groups is 1. The minimum absolute atomic E-state index is 0.106. The van der Waals surface area contributed by atoms with Crippen LogP contribution >= 0.6 is 11.8 Å². The van der Waals surface area contributed by atoms with Crippen molar-refractivity contribution in [1.82, 2.24) is 24.4 Å². The number of anilines is 1. The van der Waals surface area contributed by atoms with E-state index in [-0.39, 0.29) is 64.9 Å². The molecule has 0 bridgehead atoms. The monoisotopic (exact) mass is 624 g/mol. The number of aromatic nitrogens is 4. The Morgan fingerprint density at radius 1 is 1.07 bits per heavy atom. The molecule has 0 unspecified atom stereocenters. The molecule has 0 spiro atoms. The smallest absolute Gasteiger partial charge is 0.352 e. The van der Waals surface area contributed by atoms with Crippen LogP contribution in [-0.4, -0.2) is 61.3 Å². The van der Waals surface area contributed by atoms with Crippen molar-refractivity contribution in [1.29, 1.82) is 0 Å². The number of benzene rings is 2. The molecule has 2 aromatic heterocycles. The standard InChI is InChI=1S/C31H28F4N6O2S/c1-4-24(42)41-17(2)13-39(14-18(41)3)29-22-12-23(31(33,34)35)25(19-6-8-21(32)9-7-19)27-26(22)40(30(43)38-29)15-20(16-44-27)28-36-10-5-11-37-28/h4-12,17-18,20H,1,13-16H2,2-3H3/t17-,18+,20-/m0/s1. The first-order chi connectivity index (χ1) is 21.0. The molecule has 4 heterocycles. The minimum Gasteiger partial charge on any atom is -0.352 e. The lowest BCUT2D eigenvalue weighted by Gasteiger charge is -2.44. The molecule has 0 radical (unpaired) electrons. The molecule has 0 aliphatic carbocycles. The molecule has 8 nitrogen and oxygen atoms in total.